The summed E-state index contributed by atoms with van der Waals surface area (Å²) < 4.78 is 0. The first-order valence-corrected chi connectivity index (χ1v) is 15.0. The number of hydrogen-bond donors (Lipinski definition) is 2. The van der Waals surface area contributed by atoms with E-state index in [1.807, 2.05) is 60.7 Å². The van der Waals surface area contributed by atoms with Crippen molar-refractivity contribution in [3.63, 3.8) is 0 Å². The molecule has 2 heterocycles. The SMILES string of the molecule is N=C(/C=C1\NC(c2cc(-c3ccc4ccccc4c3)nc(-c3ccc4ccccc4c3)c2)=Nc2ccccc21)c1ccccc1. The summed E-state index contributed by atoms with van der Waals surface area (Å²) in [5.41, 5.74) is 8.66. The molecule has 0 saturated carbocycles. The first-order chi connectivity index (χ1) is 22.2. The minimum atomic E-state index is 0.428. The molecule has 0 saturated heterocycles. The monoisotopic (exact) mass is 576 g/mol. The van der Waals surface area contributed by atoms with E-state index < -0.39 is 0 Å². The van der Waals surface area contributed by atoms with Crippen molar-refractivity contribution in [1.82, 2.24) is 10.3 Å². The van der Waals surface area contributed by atoms with Gasteiger partial charge in [-0.2, -0.15) is 0 Å². The van der Waals surface area contributed by atoms with Crippen LogP contribution in [0.2, 0.25) is 0 Å². The molecule has 8 rings (SSSR count). The van der Waals surface area contributed by atoms with Crippen LogP contribution in [0.3, 0.4) is 0 Å². The number of nitrogens with zero attached hydrogens (tertiary/aromatic N) is 2. The molecule has 7 aromatic rings. The summed E-state index contributed by atoms with van der Waals surface area (Å²) in [5, 5.41) is 17.1. The number of fused-ring (bicyclic) bond motifs is 3. The number of pyridine rings is 1. The van der Waals surface area contributed by atoms with E-state index in [0.29, 0.717) is 11.5 Å². The molecule has 0 spiro atoms. The van der Waals surface area contributed by atoms with Gasteiger partial charge in [0.15, 0.2) is 0 Å². The second kappa shape index (κ2) is 11.2. The lowest BCUT2D eigenvalue weighted by Gasteiger charge is -2.22. The van der Waals surface area contributed by atoms with E-state index in [2.05, 4.69) is 102 Å². The third-order valence-electron chi connectivity index (χ3n) is 8.24. The Labute approximate surface area is 261 Å². The van der Waals surface area contributed by atoms with Crippen LogP contribution in [0.15, 0.2) is 163 Å². The van der Waals surface area contributed by atoms with Crippen molar-refractivity contribution in [2.45, 2.75) is 0 Å². The number of aliphatic imine (C=N–C) groups is 1. The molecule has 4 heteroatoms. The summed E-state index contributed by atoms with van der Waals surface area (Å²) in [5.74, 6) is 0.715. The van der Waals surface area contributed by atoms with Crippen molar-refractivity contribution < 1.29 is 0 Å². The van der Waals surface area contributed by atoms with Crippen molar-refractivity contribution >= 4 is 44.5 Å². The molecule has 0 radical (unpaired) electrons. The smallest absolute Gasteiger partial charge is 0.138 e. The number of hydrogen-bond acceptors (Lipinski definition) is 4. The average Bonchev–Trinajstić information content (AvgIpc) is 3.11. The number of aromatic nitrogens is 1. The Hall–Kier alpha value is -6.13. The molecule has 2 N–H and O–H groups in total. The van der Waals surface area contributed by atoms with Crippen molar-refractivity contribution in [3.05, 3.63) is 174 Å². The molecular formula is C41H28N4. The Bertz CT molecular complexity index is 2220. The largest absolute Gasteiger partial charge is 0.339 e. The second-order valence-corrected chi connectivity index (χ2v) is 11.2. The molecule has 1 aliphatic heterocycles. The zero-order valence-electron chi connectivity index (χ0n) is 24.4. The maximum atomic E-state index is 8.84. The molecule has 1 aliphatic rings. The third kappa shape index (κ3) is 5.19. The molecule has 0 unspecified atom stereocenters. The van der Waals surface area contributed by atoms with Gasteiger partial charge in [0.25, 0.3) is 0 Å². The molecular weight excluding hydrogens is 548 g/mol. The van der Waals surface area contributed by atoms with Crippen molar-refractivity contribution in [2.24, 2.45) is 4.99 Å². The Balaban J connectivity index is 1.29. The molecule has 6 aromatic carbocycles. The van der Waals surface area contributed by atoms with Crippen LogP contribution in [0.5, 0.6) is 0 Å². The highest BCUT2D eigenvalue weighted by molar-refractivity contribution is 6.15. The van der Waals surface area contributed by atoms with Gasteiger partial charge in [-0.05, 0) is 63.5 Å². The van der Waals surface area contributed by atoms with E-state index in [-0.39, 0.29) is 0 Å². The zero-order chi connectivity index (χ0) is 30.2. The summed E-state index contributed by atoms with van der Waals surface area (Å²) in [6.07, 6.45) is 1.89. The summed E-state index contributed by atoms with van der Waals surface area (Å²) in [6, 6.07) is 51.8. The van der Waals surface area contributed by atoms with Gasteiger partial charge < -0.3 is 10.7 Å². The second-order valence-electron chi connectivity index (χ2n) is 11.2. The average molecular weight is 577 g/mol. The zero-order valence-corrected chi connectivity index (χ0v) is 24.4. The molecule has 0 bridgehead atoms. The van der Waals surface area contributed by atoms with Crippen LogP contribution in [0.25, 0.3) is 49.8 Å². The fraction of sp³-hybridized carbons (Fsp3) is 0. The lowest BCUT2D eigenvalue weighted by molar-refractivity contribution is 1.21. The van der Waals surface area contributed by atoms with Gasteiger partial charge in [0.1, 0.15) is 5.84 Å². The number of benzene rings is 6. The van der Waals surface area contributed by atoms with Gasteiger partial charge in [0.2, 0.25) is 0 Å². The topological polar surface area (TPSA) is 61.1 Å². The van der Waals surface area contributed by atoms with Crippen LogP contribution in [-0.2, 0) is 0 Å². The van der Waals surface area contributed by atoms with Gasteiger partial charge in [-0.1, -0.05) is 121 Å². The van der Waals surface area contributed by atoms with E-state index in [4.69, 9.17) is 15.4 Å². The number of rotatable bonds is 5. The summed E-state index contributed by atoms with van der Waals surface area (Å²) in [6.45, 7) is 0. The molecule has 0 fully saturated rings. The number of para-hydroxylation sites is 1. The molecule has 4 nitrogen and oxygen atoms in total. The van der Waals surface area contributed by atoms with Crippen molar-refractivity contribution in [3.8, 4) is 22.5 Å². The lowest BCUT2D eigenvalue weighted by Crippen LogP contribution is -2.27. The van der Waals surface area contributed by atoms with Gasteiger partial charge >= 0.3 is 0 Å². The minimum absolute atomic E-state index is 0.428. The van der Waals surface area contributed by atoms with Crippen LogP contribution in [0, 0.1) is 5.41 Å². The number of allylic oxidation sites excluding steroid dienone is 1. The number of amidine groups is 1. The summed E-state index contributed by atoms with van der Waals surface area (Å²) >= 11 is 0. The highest BCUT2D eigenvalue weighted by Crippen LogP contribution is 2.33. The highest BCUT2D eigenvalue weighted by atomic mass is 15.0. The van der Waals surface area contributed by atoms with Crippen molar-refractivity contribution in [2.75, 3.05) is 0 Å². The van der Waals surface area contributed by atoms with E-state index >= 15 is 0 Å². The van der Waals surface area contributed by atoms with Gasteiger partial charge in [-0.25, -0.2) is 9.98 Å². The Kier molecular flexibility index (Phi) is 6.58. The summed E-state index contributed by atoms with van der Waals surface area (Å²) in [7, 11) is 0. The van der Waals surface area contributed by atoms with Crippen LogP contribution in [0.1, 0.15) is 16.7 Å². The number of nitrogens with one attached hydrogen (secondary N) is 2. The van der Waals surface area contributed by atoms with Crippen LogP contribution in [0.4, 0.5) is 5.69 Å². The van der Waals surface area contributed by atoms with Gasteiger partial charge in [-0.3, -0.25) is 0 Å². The Morgan fingerprint density at radius 3 is 1.73 bits per heavy atom. The van der Waals surface area contributed by atoms with Crippen molar-refractivity contribution in [1.29, 1.82) is 5.41 Å². The van der Waals surface area contributed by atoms with Gasteiger partial charge in [-0.15, -0.1) is 0 Å². The first kappa shape index (κ1) is 26.5. The van der Waals surface area contributed by atoms with Crippen LogP contribution < -0.4 is 5.32 Å². The van der Waals surface area contributed by atoms with Crippen LogP contribution >= 0.6 is 0 Å². The normalized spacial score (nSPS) is 13.3. The van der Waals surface area contributed by atoms with Gasteiger partial charge in [0.05, 0.1) is 28.5 Å². The predicted octanol–water partition coefficient (Wildman–Crippen LogP) is 9.81. The van der Waals surface area contributed by atoms with E-state index in [1.54, 1.807) is 0 Å². The molecule has 1 aromatic heterocycles. The molecule has 0 atom stereocenters. The third-order valence-corrected chi connectivity index (χ3v) is 8.24. The summed E-state index contributed by atoms with van der Waals surface area (Å²) in [4.78, 5) is 10.3. The molecule has 212 valence electrons. The quantitative estimate of drug-likeness (QED) is 0.200. The van der Waals surface area contributed by atoms with E-state index in [9.17, 15) is 0 Å². The van der Waals surface area contributed by atoms with Crippen LogP contribution in [-0.4, -0.2) is 16.5 Å². The van der Waals surface area contributed by atoms with E-state index in [0.717, 1.165) is 50.6 Å². The van der Waals surface area contributed by atoms with E-state index in [1.165, 1.54) is 21.5 Å². The minimum Gasteiger partial charge on any atom is -0.339 e. The van der Waals surface area contributed by atoms with Gasteiger partial charge in [0, 0.05) is 22.3 Å². The maximum Gasteiger partial charge on any atom is 0.138 e. The first-order valence-electron chi connectivity index (χ1n) is 15.0. The highest BCUT2D eigenvalue weighted by Gasteiger charge is 2.20. The predicted molar refractivity (Wildman–Crippen MR) is 187 cm³/mol. The fourth-order valence-electron chi connectivity index (χ4n) is 5.90. The lowest BCUT2D eigenvalue weighted by atomic mass is 9.99. The Morgan fingerprint density at radius 2 is 1.09 bits per heavy atom. The molecule has 45 heavy (non-hydrogen) atoms. The maximum absolute atomic E-state index is 8.84. The molecule has 0 amide bonds. The Morgan fingerprint density at radius 1 is 0.533 bits per heavy atom. The fourth-order valence-corrected chi connectivity index (χ4v) is 5.90. The standard InChI is InChI=1S/C41H28N4/c42-36(29-12-2-1-3-13-29)26-40-35-16-8-9-17-37(35)44-41(45-40)34-24-38(32-20-18-27-10-4-6-14-30(27)22-32)43-39(25-34)33-21-19-28-11-5-7-15-31(28)23-33/h1-26,42H,(H,44,45)/b40-26-,42-36?. The molecule has 0 aliphatic carbocycles.